The summed E-state index contributed by atoms with van der Waals surface area (Å²) in [6, 6.07) is 4.92. The highest BCUT2D eigenvalue weighted by Gasteiger charge is 2.26. The number of nitrogens with zero attached hydrogens (tertiary/aromatic N) is 3. The van der Waals surface area contributed by atoms with E-state index in [9.17, 15) is 4.39 Å². The Balaban J connectivity index is 1.87. The summed E-state index contributed by atoms with van der Waals surface area (Å²) < 4.78 is 22.0. The van der Waals surface area contributed by atoms with E-state index in [4.69, 9.17) is 15.1 Å². The van der Waals surface area contributed by atoms with Crippen LogP contribution in [0.25, 0.3) is 21.9 Å². The lowest BCUT2D eigenvalue weighted by Crippen LogP contribution is -2.27. The van der Waals surface area contributed by atoms with Gasteiger partial charge in [-0.3, -0.25) is 4.98 Å². The van der Waals surface area contributed by atoms with Crippen LogP contribution < -0.4 is 5.32 Å². The summed E-state index contributed by atoms with van der Waals surface area (Å²) in [6.45, 7) is 5.16. The molecule has 4 rings (SSSR count). The lowest BCUT2D eigenvalue weighted by Gasteiger charge is -2.30. The number of allylic oxidation sites excluding steroid dienone is 1. The van der Waals surface area contributed by atoms with Crippen LogP contribution in [-0.4, -0.2) is 33.5 Å². The molecule has 1 aliphatic heterocycles. The molecule has 2 N–H and O–H groups in total. The second-order valence-electron chi connectivity index (χ2n) is 7.32. The van der Waals surface area contributed by atoms with Gasteiger partial charge in [0.15, 0.2) is 0 Å². The minimum Gasteiger partial charge on any atom is -0.383 e. The Morgan fingerprint density at radius 1 is 1.43 bits per heavy atom. The van der Waals surface area contributed by atoms with Gasteiger partial charge in [-0.25, -0.2) is 9.37 Å². The second kappa shape index (κ2) is 7.67. The number of aromatic nitrogens is 3. The summed E-state index contributed by atoms with van der Waals surface area (Å²) in [4.78, 5) is 9.26. The van der Waals surface area contributed by atoms with Crippen LogP contribution in [0.4, 0.5) is 4.39 Å². The molecule has 2 aromatic heterocycles. The van der Waals surface area contributed by atoms with Crippen molar-refractivity contribution in [2.45, 2.75) is 45.4 Å². The van der Waals surface area contributed by atoms with Crippen LogP contribution in [0.5, 0.6) is 0 Å². The highest BCUT2D eigenvalue weighted by molar-refractivity contribution is 6.02. The molecule has 1 saturated heterocycles. The van der Waals surface area contributed by atoms with Gasteiger partial charge in [-0.1, -0.05) is 0 Å². The van der Waals surface area contributed by atoms with E-state index in [2.05, 4.69) is 21.8 Å². The van der Waals surface area contributed by atoms with Gasteiger partial charge in [0, 0.05) is 30.4 Å². The van der Waals surface area contributed by atoms with Gasteiger partial charge in [0.1, 0.15) is 17.2 Å². The topological polar surface area (TPSA) is 75.8 Å². The lowest BCUT2D eigenvalue weighted by atomic mass is 10.0. The van der Waals surface area contributed by atoms with Gasteiger partial charge in [-0.15, -0.1) is 0 Å². The molecule has 6 nitrogen and oxygen atoms in total. The Hall–Kier alpha value is -2.80. The maximum Gasteiger partial charge on any atom is 0.129 e. The van der Waals surface area contributed by atoms with Crippen molar-refractivity contribution >= 4 is 28.2 Å². The van der Waals surface area contributed by atoms with E-state index in [0.29, 0.717) is 13.2 Å². The van der Waals surface area contributed by atoms with Crippen molar-refractivity contribution in [2.75, 3.05) is 6.61 Å². The number of halogens is 1. The summed E-state index contributed by atoms with van der Waals surface area (Å²) in [6.07, 6.45) is 6.80. The van der Waals surface area contributed by atoms with E-state index >= 15 is 0 Å². The molecule has 1 fully saturated rings. The predicted octanol–water partition coefficient (Wildman–Crippen LogP) is 4.11. The summed E-state index contributed by atoms with van der Waals surface area (Å²) >= 11 is 0. The molecular formula is C21H24FN5O. The highest BCUT2D eigenvalue weighted by Crippen LogP contribution is 2.33. The van der Waals surface area contributed by atoms with Gasteiger partial charge in [0.05, 0.1) is 29.9 Å². The summed E-state index contributed by atoms with van der Waals surface area (Å²) in [5, 5.41) is 11.3. The molecule has 7 heteroatoms. The summed E-state index contributed by atoms with van der Waals surface area (Å²) in [5.41, 5.74) is 3.28. The van der Waals surface area contributed by atoms with Gasteiger partial charge in [0.2, 0.25) is 0 Å². The SMILES string of the molecule is C/C(C=N)=C/NCc1nc2cnc3ccc(F)cc3c2n1C1CCO[C@H](C)C1. The van der Waals surface area contributed by atoms with Crippen molar-refractivity contribution in [3.05, 3.63) is 47.8 Å². The van der Waals surface area contributed by atoms with Crippen LogP contribution in [0.3, 0.4) is 0 Å². The number of imidazole rings is 1. The first-order valence-electron chi connectivity index (χ1n) is 9.54. The molecule has 3 aromatic rings. The smallest absolute Gasteiger partial charge is 0.129 e. The van der Waals surface area contributed by atoms with Crippen molar-refractivity contribution in [2.24, 2.45) is 0 Å². The van der Waals surface area contributed by atoms with Crippen LogP contribution in [0, 0.1) is 11.2 Å². The third-order valence-corrected chi connectivity index (χ3v) is 5.19. The monoisotopic (exact) mass is 381 g/mol. The number of nitrogens with one attached hydrogen (secondary N) is 2. The Morgan fingerprint density at radius 3 is 3.07 bits per heavy atom. The molecule has 1 unspecified atom stereocenters. The largest absolute Gasteiger partial charge is 0.383 e. The molecule has 28 heavy (non-hydrogen) atoms. The molecule has 146 valence electrons. The fourth-order valence-electron chi connectivity index (χ4n) is 3.87. The van der Waals surface area contributed by atoms with Crippen LogP contribution in [0.15, 0.2) is 36.2 Å². The van der Waals surface area contributed by atoms with Crippen LogP contribution in [0.2, 0.25) is 0 Å². The van der Waals surface area contributed by atoms with Crippen molar-refractivity contribution in [1.29, 1.82) is 5.41 Å². The van der Waals surface area contributed by atoms with Crippen LogP contribution in [-0.2, 0) is 11.3 Å². The van der Waals surface area contributed by atoms with Crippen molar-refractivity contribution < 1.29 is 9.13 Å². The molecule has 2 atom stereocenters. The molecule has 0 bridgehead atoms. The zero-order valence-electron chi connectivity index (χ0n) is 16.1. The Bertz CT molecular complexity index is 1060. The highest BCUT2D eigenvalue weighted by atomic mass is 19.1. The molecule has 0 aliphatic carbocycles. The number of pyridine rings is 1. The molecule has 0 spiro atoms. The second-order valence-corrected chi connectivity index (χ2v) is 7.32. The standard InChI is InChI=1S/C21H24FN5O/c1-13(9-23)10-24-12-20-26-19-11-25-18-4-3-15(22)8-17(18)21(19)27(20)16-5-6-28-14(2)7-16/h3-4,8-11,14,16,23-24H,5-7,12H2,1-2H3/b13-10-,23-9?/t14-,16?/m1/s1. The van der Waals surface area contributed by atoms with E-state index in [-0.39, 0.29) is 18.0 Å². The maximum absolute atomic E-state index is 14.0. The van der Waals surface area contributed by atoms with Crippen molar-refractivity contribution in [3.63, 3.8) is 0 Å². The zero-order valence-corrected chi connectivity index (χ0v) is 16.1. The minimum atomic E-state index is -0.279. The quantitative estimate of drug-likeness (QED) is 0.652. The number of ether oxygens (including phenoxy) is 1. The number of hydrogen-bond acceptors (Lipinski definition) is 5. The average Bonchev–Trinajstić information content (AvgIpc) is 3.06. The Labute approximate surface area is 162 Å². The minimum absolute atomic E-state index is 0.168. The van der Waals surface area contributed by atoms with E-state index in [1.54, 1.807) is 24.5 Å². The molecule has 1 aromatic carbocycles. The van der Waals surface area contributed by atoms with Gasteiger partial charge in [-0.2, -0.15) is 0 Å². The third-order valence-electron chi connectivity index (χ3n) is 5.19. The van der Waals surface area contributed by atoms with Gasteiger partial charge in [-0.05, 0) is 50.5 Å². The molecule has 0 saturated carbocycles. The fourth-order valence-corrected chi connectivity index (χ4v) is 3.87. The van der Waals surface area contributed by atoms with Crippen molar-refractivity contribution in [3.8, 4) is 0 Å². The number of benzene rings is 1. The fraction of sp³-hybridized carbons (Fsp3) is 0.381. The molecular weight excluding hydrogens is 357 g/mol. The first-order valence-corrected chi connectivity index (χ1v) is 9.54. The van der Waals surface area contributed by atoms with Crippen LogP contribution >= 0.6 is 0 Å². The van der Waals surface area contributed by atoms with E-state index < -0.39 is 0 Å². The Morgan fingerprint density at radius 2 is 2.29 bits per heavy atom. The van der Waals surface area contributed by atoms with Gasteiger partial charge < -0.3 is 20.0 Å². The molecule has 1 aliphatic rings. The predicted molar refractivity (Wildman–Crippen MR) is 108 cm³/mol. The number of hydrogen-bond donors (Lipinski definition) is 2. The maximum atomic E-state index is 14.0. The zero-order chi connectivity index (χ0) is 19.7. The molecule has 3 heterocycles. The van der Waals surface area contributed by atoms with E-state index in [0.717, 1.165) is 46.2 Å². The number of fused-ring (bicyclic) bond motifs is 3. The normalized spacial score (nSPS) is 20.6. The van der Waals surface area contributed by atoms with Crippen molar-refractivity contribution in [1.82, 2.24) is 19.9 Å². The molecule has 0 amide bonds. The summed E-state index contributed by atoms with van der Waals surface area (Å²) in [5.74, 6) is 0.598. The third kappa shape index (κ3) is 3.49. The number of rotatable bonds is 5. The molecule has 0 radical (unpaired) electrons. The van der Waals surface area contributed by atoms with Gasteiger partial charge >= 0.3 is 0 Å². The first-order chi connectivity index (χ1) is 13.6. The average molecular weight is 381 g/mol. The van der Waals surface area contributed by atoms with E-state index in [1.807, 2.05) is 6.92 Å². The lowest BCUT2D eigenvalue weighted by molar-refractivity contribution is 0.00622. The van der Waals surface area contributed by atoms with Crippen LogP contribution in [0.1, 0.15) is 38.6 Å². The summed E-state index contributed by atoms with van der Waals surface area (Å²) in [7, 11) is 0. The Kier molecular flexibility index (Phi) is 5.09. The van der Waals surface area contributed by atoms with Gasteiger partial charge in [0.25, 0.3) is 0 Å². The first kappa shape index (κ1) is 18.6. The van der Waals surface area contributed by atoms with E-state index in [1.165, 1.54) is 12.3 Å².